The molecule has 1 aromatic carbocycles. The molecule has 1 saturated heterocycles. The van der Waals surface area contributed by atoms with Crippen LogP contribution in [0.2, 0.25) is 0 Å². The van der Waals surface area contributed by atoms with Crippen LogP contribution in [0, 0.1) is 0 Å². The Morgan fingerprint density at radius 3 is 2.67 bits per heavy atom. The summed E-state index contributed by atoms with van der Waals surface area (Å²) in [5, 5.41) is 3.38. The van der Waals surface area contributed by atoms with Gasteiger partial charge < -0.3 is 9.64 Å². The standard InChI is InChI=1S/C18H25BrN2O2S/c1-2-3-12-23-16-9-8-14(19)13-15(16)17(22)20-18(24)21-10-6-4-5-7-11-21/h8-9,13H,2-7,10-12H2,1H3,(H,20,22,24). The third-order valence-electron chi connectivity index (χ3n) is 4.06. The first-order valence-corrected chi connectivity index (χ1v) is 9.84. The number of thiocarbonyl (C=S) groups is 1. The SMILES string of the molecule is CCCCOc1ccc(Br)cc1C(=O)NC(=S)N1CCCCCC1. The van der Waals surface area contributed by atoms with Crippen molar-refractivity contribution in [3.8, 4) is 5.75 Å². The van der Waals surface area contributed by atoms with Gasteiger partial charge in [0.05, 0.1) is 12.2 Å². The highest BCUT2D eigenvalue weighted by atomic mass is 79.9. The molecule has 1 fully saturated rings. The summed E-state index contributed by atoms with van der Waals surface area (Å²) in [4.78, 5) is 14.8. The lowest BCUT2D eigenvalue weighted by Gasteiger charge is -2.23. The van der Waals surface area contributed by atoms with Crippen LogP contribution in [0.25, 0.3) is 0 Å². The quantitative estimate of drug-likeness (QED) is 0.570. The highest BCUT2D eigenvalue weighted by molar-refractivity contribution is 9.10. The fourth-order valence-electron chi connectivity index (χ4n) is 2.65. The fourth-order valence-corrected chi connectivity index (χ4v) is 3.29. The zero-order valence-electron chi connectivity index (χ0n) is 14.1. The van der Waals surface area contributed by atoms with Gasteiger partial charge in [-0.15, -0.1) is 0 Å². The second-order valence-electron chi connectivity index (χ2n) is 6.00. The smallest absolute Gasteiger partial charge is 0.261 e. The summed E-state index contributed by atoms with van der Waals surface area (Å²) in [5.41, 5.74) is 0.512. The minimum atomic E-state index is -0.211. The topological polar surface area (TPSA) is 41.6 Å². The second kappa shape index (κ2) is 9.99. The van der Waals surface area contributed by atoms with Crippen molar-refractivity contribution in [2.45, 2.75) is 45.4 Å². The molecule has 0 spiro atoms. The summed E-state index contributed by atoms with van der Waals surface area (Å²) in [7, 11) is 0. The summed E-state index contributed by atoms with van der Waals surface area (Å²) in [5.74, 6) is 0.389. The maximum absolute atomic E-state index is 12.7. The van der Waals surface area contributed by atoms with E-state index in [9.17, 15) is 4.79 Å². The van der Waals surface area contributed by atoms with Crippen LogP contribution in [0.3, 0.4) is 0 Å². The number of nitrogens with zero attached hydrogens (tertiary/aromatic N) is 1. The molecule has 0 atom stereocenters. The fraction of sp³-hybridized carbons (Fsp3) is 0.556. The molecule has 0 aliphatic carbocycles. The van der Waals surface area contributed by atoms with Crippen molar-refractivity contribution in [3.63, 3.8) is 0 Å². The Balaban J connectivity index is 2.04. The largest absolute Gasteiger partial charge is 0.493 e. The molecule has 6 heteroatoms. The van der Waals surface area contributed by atoms with Crippen molar-refractivity contribution in [2.75, 3.05) is 19.7 Å². The molecule has 1 N–H and O–H groups in total. The highest BCUT2D eigenvalue weighted by Gasteiger charge is 2.18. The van der Waals surface area contributed by atoms with E-state index in [1.54, 1.807) is 6.07 Å². The predicted octanol–water partition coefficient (Wildman–Crippen LogP) is 4.52. The van der Waals surface area contributed by atoms with Crippen LogP contribution in [0.15, 0.2) is 22.7 Å². The minimum Gasteiger partial charge on any atom is -0.493 e. The first-order valence-electron chi connectivity index (χ1n) is 8.64. The second-order valence-corrected chi connectivity index (χ2v) is 7.31. The molecule has 1 aromatic rings. The third kappa shape index (κ3) is 5.74. The van der Waals surface area contributed by atoms with Crippen molar-refractivity contribution in [3.05, 3.63) is 28.2 Å². The van der Waals surface area contributed by atoms with Gasteiger partial charge in [-0.2, -0.15) is 0 Å². The number of unbranched alkanes of at least 4 members (excludes halogenated alkanes) is 1. The lowest BCUT2D eigenvalue weighted by Crippen LogP contribution is -2.43. The van der Waals surface area contributed by atoms with E-state index < -0.39 is 0 Å². The zero-order chi connectivity index (χ0) is 17.4. The van der Waals surface area contributed by atoms with Gasteiger partial charge in [0.25, 0.3) is 5.91 Å². The maximum Gasteiger partial charge on any atom is 0.261 e. The van der Waals surface area contributed by atoms with Crippen molar-refractivity contribution < 1.29 is 9.53 Å². The van der Waals surface area contributed by atoms with Gasteiger partial charge in [-0.05, 0) is 49.7 Å². The van der Waals surface area contributed by atoms with Crippen LogP contribution in [-0.2, 0) is 0 Å². The lowest BCUT2D eigenvalue weighted by atomic mass is 10.2. The predicted molar refractivity (Wildman–Crippen MR) is 105 cm³/mol. The molecule has 4 nitrogen and oxygen atoms in total. The third-order valence-corrected chi connectivity index (χ3v) is 4.91. The van der Waals surface area contributed by atoms with Gasteiger partial charge in [0.1, 0.15) is 5.75 Å². The number of carbonyl (C=O) groups excluding carboxylic acids is 1. The number of rotatable bonds is 5. The molecular weight excluding hydrogens is 388 g/mol. The number of halogens is 1. The molecular formula is C18H25BrN2O2S. The van der Waals surface area contributed by atoms with Crippen LogP contribution in [0.5, 0.6) is 5.75 Å². The van der Waals surface area contributed by atoms with E-state index in [2.05, 4.69) is 33.1 Å². The molecule has 0 unspecified atom stereocenters. The number of hydrogen-bond donors (Lipinski definition) is 1. The Hall–Kier alpha value is -1.14. The molecule has 1 amide bonds. The van der Waals surface area contributed by atoms with Crippen LogP contribution in [0.1, 0.15) is 55.8 Å². The van der Waals surface area contributed by atoms with Crippen molar-refractivity contribution in [1.82, 2.24) is 10.2 Å². The lowest BCUT2D eigenvalue weighted by molar-refractivity contribution is 0.0969. The van der Waals surface area contributed by atoms with Crippen molar-refractivity contribution in [1.29, 1.82) is 0 Å². The summed E-state index contributed by atoms with van der Waals surface area (Å²) < 4.78 is 6.61. The van der Waals surface area contributed by atoms with E-state index in [1.807, 2.05) is 12.1 Å². The Kier molecular flexibility index (Phi) is 7.99. The first kappa shape index (κ1) is 19.2. The molecule has 1 heterocycles. The molecule has 132 valence electrons. The van der Waals surface area contributed by atoms with Gasteiger partial charge in [-0.3, -0.25) is 10.1 Å². The summed E-state index contributed by atoms with van der Waals surface area (Å²) in [6.07, 6.45) is 6.72. The van der Waals surface area contributed by atoms with Crippen LogP contribution >= 0.6 is 28.1 Å². The van der Waals surface area contributed by atoms with Crippen LogP contribution in [0.4, 0.5) is 0 Å². The van der Waals surface area contributed by atoms with Gasteiger partial charge in [0.15, 0.2) is 5.11 Å². The van der Waals surface area contributed by atoms with Gasteiger partial charge in [-0.25, -0.2) is 0 Å². The molecule has 0 bridgehead atoms. The average molecular weight is 413 g/mol. The van der Waals surface area contributed by atoms with Gasteiger partial charge >= 0.3 is 0 Å². The number of carbonyl (C=O) groups is 1. The monoisotopic (exact) mass is 412 g/mol. The molecule has 2 rings (SSSR count). The average Bonchev–Trinajstić information content (AvgIpc) is 2.85. The zero-order valence-corrected chi connectivity index (χ0v) is 16.5. The number of likely N-dealkylation sites (tertiary alicyclic amines) is 1. The Bertz CT molecular complexity index is 572. The van der Waals surface area contributed by atoms with E-state index in [1.165, 1.54) is 12.8 Å². The number of ether oxygens (including phenoxy) is 1. The Labute approximate surface area is 158 Å². The van der Waals surface area contributed by atoms with Gasteiger partial charge in [-0.1, -0.05) is 42.1 Å². The number of nitrogens with one attached hydrogen (secondary N) is 1. The van der Waals surface area contributed by atoms with E-state index in [0.29, 0.717) is 23.0 Å². The van der Waals surface area contributed by atoms with Crippen LogP contribution in [-0.4, -0.2) is 35.6 Å². The molecule has 24 heavy (non-hydrogen) atoms. The minimum absolute atomic E-state index is 0.211. The number of benzene rings is 1. The van der Waals surface area contributed by atoms with Crippen molar-refractivity contribution >= 4 is 39.2 Å². The maximum atomic E-state index is 12.7. The molecule has 1 aliphatic rings. The Morgan fingerprint density at radius 2 is 2.00 bits per heavy atom. The summed E-state index contributed by atoms with van der Waals surface area (Å²) in [6, 6.07) is 5.48. The number of hydrogen-bond acceptors (Lipinski definition) is 3. The molecule has 0 aromatic heterocycles. The molecule has 1 aliphatic heterocycles. The Morgan fingerprint density at radius 1 is 1.29 bits per heavy atom. The van der Waals surface area contributed by atoms with E-state index in [0.717, 1.165) is 43.2 Å². The van der Waals surface area contributed by atoms with Crippen LogP contribution < -0.4 is 10.1 Å². The normalized spacial score (nSPS) is 14.8. The van der Waals surface area contributed by atoms with Gasteiger partial charge in [0.2, 0.25) is 0 Å². The summed E-state index contributed by atoms with van der Waals surface area (Å²) in [6.45, 7) is 4.54. The van der Waals surface area contributed by atoms with Gasteiger partial charge in [0, 0.05) is 17.6 Å². The molecule has 0 saturated carbocycles. The first-order chi connectivity index (χ1) is 11.6. The van der Waals surface area contributed by atoms with Crippen molar-refractivity contribution in [2.24, 2.45) is 0 Å². The number of amides is 1. The van der Waals surface area contributed by atoms with E-state index in [4.69, 9.17) is 17.0 Å². The van der Waals surface area contributed by atoms with E-state index in [-0.39, 0.29) is 5.91 Å². The van der Waals surface area contributed by atoms with E-state index >= 15 is 0 Å². The molecule has 0 radical (unpaired) electrons. The highest BCUT2D eigenvalue weighted by Crippen LogP contribution is 2.23. The summed E-state index contributed by atoms with van der Waals surface area (Å²) >= 11 is 8.85.